The van der Waals surface area contributed by atoms with Gasteiger partial charge in [0.15, 0.2) is 6.20 Å². The second-order valence-electron chi connectivity index (χ2n) is 4.45. The van der Waals surface area contributed by atoms with Crippen LogP contribution in [0.5, 0.6) is 0 Å². The number of hydrogen-bond donors (Lipinski definition) is 0. The summed E-state index contributed by atoms with van der Waals surface area (Å²) >= 11 is 0. The molecule has 0 aliphatic rings. The van der Waals surface area contributed by atoms with Crippen LogP contribution in [-0.4, -0.2) is 31.1 Å². The number of esters is 2. The van der Waals surface area contributed by atoms with Crippen LogP contribution in [0.25, 0.3) is 0 Å². The van der Waals surface area contributed by atoms with Gasteiger partial charge in [-0.15, -0.1) is 0 Å². The number of aryl methyl sites for hydroxylation is 1. The van der Waals surface area contributed by atoms with E-state index in [4.69, 9.17) is 0 Å². The van der Waals surface area contributed by atoms with Crippen LogP contribution < -0.4 is 4.73 Å². The standard InChI is InChI=1S/C8H9NO3.C8H9NO2/c1-6-7(8(10)12-2)4-3-5-9(6)11;1-6-7(8(10)11-2)4-3-5-9-6/h3-5H,1-2H3;3-5H,1-2H3. The lowest BCUT2D eigenvalue weighted by atomic mass is 10.2. The van der Waals surface area contributed by atoms with E-state index in [1.807, 2.05) is 0 Å². The average molecular weight is 318 g/mol. The first-order valence-corrected chi connectivity index (χ1v) is 6.69. The number of aromatic nitrogens is 2. The SMILES string of the molecule is COC(=O)c1ccc[n+]([O-])c1C.COC(=O)c1cccnc1C. The van der Waals surface area contributed by atoms with Gasteiger partial charge in [0, 0.05) is 19.2 Å². The molecule has 122 valence electrons. The Hall–Kier alpha value is -2.96. The topological polar surface area (TPSA) is 92.4 Å². The lowest BCUT2D eigenvalue weighted by Gasteiger charge is -2.03. The molecule has 0 saturated carbocycles. The highest BCUT2D eigenvalue weighted by molar-refractivity contribution is 5.90. The van der Waals surface area contributed by atoms with Crippen molar-refractivity contribution < 1.29 is 23.8 Å². The fourth-order valence-electron chi connectivity index (χ4n) is 1.70. The molecule has 0 unspecified atom stereocenters. The molecule has 0 bridgehead atoms. The molecular weight excluding hydrogens is 300 g/mol. The van der Waals surface area contributed by atoms with Crippen LogP contribution in [0.4, 0.5) is 0 Å². The molecule has 0 aromatic carbocycles. The molecule has 23 heavy (non-hydrogen) atoms. The molecule has 2 rings (SSSR count). The van der Waals surface area contributed by atoms with Crippen molar-refractivity contribution in [1.82, 2.24) is 4.98 Å². The fraction of sp³-hybridized carbons (Fsp3) is 0.250. The summed E-state index contributed by atoms with van der Waals surface area (Å²) in [6, 6.07) is 6.45. The van der Waals surface area contributed by atoms with Gasteiger partial charge in [-0.05, 0) is 25.1 Å². The Morgan fingerprint density at radius 3 is 2.17 bits per heavy atom. The first-order valence-electron chi connectivity index (χ1n) is 6.69. The molecule has 7 nitrogen and oxygen atoms in total. The number of methoxy groups -OCH3 is 2. The number of rotatable bonds is 2. The van der Waals surface area contributed by atoms with Crippen molar-refractivity contribution in [2.24, 2.45) is 0 Å². The Morgan fingerprint density at radius 1 is 1.04 bits per heavy atom. The van der Waals surface area contributed by atoms with Gasteiger partial charge in [0.05, 0.1) is 25.5 Å². The number of nitrogens with zero attached hydrogens (tertiary/aromatic N) is 2. The molecule has 2 aromatic heterocycles. The minimum atomic E-state index is -0.488. The summed E-state index contributed by atoms with van der Waals surface area (Å²) in [6.45, 7) is 3.34. The van der Waals surface area contributed by atoms with Gasteiger partial charge in [0.1, 0.15) is 5.56 Å². The molecule has 2 heterocycles. The summed E-state index contributed by atoms with van der Waals surface area (Å²) in [5.74, 6) is -0.826. The van der Waals surface area contributed by atoms with Crippen molar-refractivity contribution in [2.75, 3.05) is 14.2 Å². The minimum absolute atomic E-state index is 0.301. The third-order valence-electron chi connectivity index (χ3n) is 3.02. The predicted octanol–water partition coefficient (Wildman–Crippen LogP) is 1.59. The molecule has 0 saturated heterocycles. The zero-order chi connectivity index (χ0) is 17.4. The van der Waals surface area contributed by atoms with E-state index < -0.39 is 5.97 Å². The summed E-state index contributed by atoms with van der Waals surface area (Å²) in [4.78, 5) is 25.9. The van der Waals surface area contributed by atoms with Gasteiger partial charge < -0.3 is 14.7 Å². The zero-order valence-electron chi connectivity index (χ0n) is 13.4. The van der Waals surface area contributed by atoms with E-state index in [1.165, 1.54) is 26.5 Å². The molecule has 0 aliphatic carbocycles. The van der Waals surface area contributed by atoms with Gasteiger partial charge >= 0.3 is 11.9 Å². The molecular formula is C16H18N2O5. The van der Waals surface area contributed by atoms with Crippen LogP contribution in [0, 0.1) is 19.1 Å². The Kier molecular flexibility index (Phi) is 6.67. The van der Waals surface area contributed by atoms with Crippen molar-refractivity contribution in [3.63, 3.8) is 0 Å². The van der Waals surface area contributed by atoms with E-state index in [0.29, 0.717) is 27.2 Å². The average Bonchev–Trinajstić information content (AvgIpc) is 2.57. The summed E-state index contributed by atoms with van der Waals surface area (Å²) in [6.07, 6.45) is 2.98. The highest BCUT2D eigenvalue weighted by Crippen LogP contribution is 2.04. The van der Waals surface area contributed by atoms with Crippen molar-refractivity contribution in [3.05, 3.63) is 64.4 Å². The highest BCUT2D eigenvalue weighted by atomic mass is 16.5. The summed E-state index contributed by atoms with van der Waals surface area (Å²) < 4.78 is 9.65. The normalized spacial score (nSPS) is 9.39. The van der Waals surface area contributed by atoms with Gasteiger partial charge in [-0.2, -0.15) is 4.73 Å². The van der Waals surface area contributed by atoms with Crippen molar-refractivity contribution in [1.29, 1.82) is 0 Å². The van der Waals surface area contributed by atoms with E-state index in [1.54, 1.807) is 38.2 Å². The smallest absolute Gasteiger partial charge is 0.344 e. The Labute approximate surface area is 134 Å². The van der Waals surface area contributed by atoms with Gasteiger partial charge in [-0.1, -0.05) is 0 Å². The largest absolute Gasteiger partial charge is 0.618 e. The van der Waals surface area contributed by atoms with Crippen LogP contribution >= 0.6 is 0 Å². The first-order chi connectivity index (χ1) is 10.9. The Balaban J connectivity index is 0.000000231. The minimum Gasteiger partial charge on any atom is -0.618 e. The predicted molar refractivity (Wildman–Crippen MR) is 81.8 cm³/mol. The summed E-state index contributed by atoms with van der Waals surface area (Å²) in [5, 5.41) is 11.0. The second kappa shape index (κ2) is 8.47. The molecule has 0 atom stereocenters. The molecule has 0 radical (unpaired) electrons. The van der Waals surface area contributed by atoms with Crippen LogP contribution in [0.15, 0.2) is 36.7 Å². The molecule has 0 fully saturated rings. The summed E-state index contributed by atoms with van der Waals surface area (Å²) in [5.41, 5.74) is 1.87. The number of hydrogen-bond acceptors (Lipinski definition) is 6. The van der Waals surface area contributed by atoms with Gasteiger partial charge in [0.25, 0.3) is 0 Å². The van der Waals surface area contributed by atoms with E-state index in [9.17, 15) is 14.8 Å². The maximum atomic E-state index is 11.0. The fourth-order valence-corrected chi connectivity index (χ4v) is 1.70. The molecule has 0 amide bonds. The third kappa shape index (κ3) is 4.77. The van der Waals surface area contributed by atoms with Crippen LogP contribution in [0.1, 0.15) is 32.1 Å². The number of ether oxygens (including phenoxy) is 2. The van der Waals surface area contributed by atoms with Gasteiger partial charge in [-0.3, -0.25) is 4.98 Å². The van der Waals surface area contributed by atoms with Gasteiger partial charge in [0.2, 0.25) is 5.69 Å². The quantitative estimate of drug-likeness (QED) is 0.474. The monoisotopic (exact) mass is 318 g/mol. The lowest BCUT2D eigenvalue weighted by molar-refractivity contribution is -0.612. The van der Waals surface area contributed by atoms with Crippen LogP contribution in [-0.2, 0) is 9.47 Å². The third-order valence-corrected chi connectivity index (χ3v) is 3.02. The van der Waals surface area contributed by atoms with E-state index >= 15 is 0 Å². The maximum absolute atomic E-state index is 11.0. The number of carbonyl (C=O) groups is 2. The highest BCUT2D eigenvalue weighted by Gasteiger charge is 2.14. The molecule has 0 spiro atoms. The number of pyridine rings is 2. The molecule has 7 heteroatoms. The maximum Gasteiger partial charge on any atom is 0.344 e. The first kappa shape index (κ1) is 18.1. The van der Waals surface area contributed by atoms with Crippen LogP contribution in [0.2, 0.25) is 0 Å². The van der Waals surface area contributed by atoms with E-state index in [-0.39, 0.29) is 5.97 Å². The number of carbonyl (C=O) groups excluding carboxylic acids is 2. The van der Waals surface area contributed by atoms with E-state index in [2.05, 4.69) is 14.5 Å². The Bertz CT molecular complexity index is 701. The van der Waals surface area contributed by atoms with Crippen LogP contribution in [0.3, 0.4) is 0 Å². The molecule has 0 aliphatic heterocycles. The summed E-state index contributed by atoms with van der Waals surface area (Å²) in [7, 11) is 2.64. The van der Waals surface area contributed by atoms with Crippen molar-refractivity contribution in [3.8, 4) is 0 Å². The molecule has 0 N–H and O–H groups in total. The van der Waals surface area contributed by atoms with Crippen molar-refractivity contribution >= 4 is 11.9 Å². The Morgan fingerprint density at radius 2 is 1.61 bits per heavy atom. The second-order valence-corrected chi connectivity index (χ2v) is 4.45. The molecule has 2 aromatic rings. The van der Waals surface area contributed by atoms with Crippen molar-refractivity contribution in [2.45, 2.75) is 13.8 Å². The zero-order valence-corrected chi connectivity index (χ0v) is 13.4. The lowest BCUT2D eigenvalue weighted by Crippen LogP contribution is -2.31. The van der Waals surface area contributed by atoms with Gasteiger partial charge in [-0.25, -0.2) is 9.59 Å². The van der Waals surface area contributed by atoms with E-state index in [0.717, 1.165) is 0 Å².